The van der Waals surface area contributed by atoms with Crippen LogP contribution in [0.4, 0.5) is 5.69 Å². The Morgan fingerprint density at radius 2 is 2.00 bits per heavy atom. The summed E-state index contributed by atoms with van der Waals surface area (Å²) in [6.45, 7) is 2.22. The monoisotopic (exact) mass is 353 g/mol. The van der Waals surface area contributed by atoms with Crippen LogP contribution in [-0.4, -0.2) is 24.7 Å². The van der Waals surface area contributed by atoms with Crippen molar-refractivity contribution in [3.05, 3.63) is 41.5 Å². The fraction of sp³-hybridized carbons (Fsp3) is 0.565. The van der Waals surface area contributed by atoms with Gasteiger partial charge in [-0.1, -0.05) is 25.8 Å². The standard InChI is InChI=1S/C23H31NO2/c1-3-4-5-8-20-9-6-7-18-16-19(12-15-22(18)24-20)23(25)17-10-13-21(26-2)14-11-17/h6,9,12,15-17,21H,3-5,7-8,10-11,13-14H2,1-2H3. The second-order valence-corrected chi connectivity index (χ2v) is 7.58. The minimum atomic E-state index is 0.147. The quantitative estimate of drug-likeness (QED) is 0.456. The van der Waals surface area contributed by atoms with E-state index in [4.69, 9.17) is 9.73 Å². The van der Waals surface area contributed by atoms with E-state index in [-0.39, 0.29) is 5.92 Å². The van der Waals surface area contributed by atoms with Gasteiger partial charge in [0, 0.05) is 24.3 Å². The second-order valence-electron chi connectivity index (χ2n) is 7.58. The minimum Gasteiger partial charge on any atom is -0.381 e. The van der Waals surface area contributed by atoms with Crippen LogP contribution in [-0.2, 0) is 11.2 Å². The summed E-state index contributed by atoms with van der Waals surface area (Å²) in [6, 6.07) is 6.08. The predicted octanol–water partition coefficient (Wildman–Crippen LogP) is 5.84. The molecule has 3 rings (SSSR count). The third kappa shape index (κ3) is 4.70. The van der Waals surface area contributed by atoms with Crippen molar-refractivity contribution in [3.8, 4) is 0 Å². The summed E-state index contributed by atoms with van der Waals surface area (Å²) >= 11 is 0. The number of fused-ring (bicyclic) bond motifs is 1. The van der Waals surface area contributed by atoms with Crippen LogP contribution in [0.1, 0.15) is 74.2 Å². The zero-order valence-corrected chi connectivity index (χ0v) is 16.2. The molecule has 1 fully saturated rings. The highest BCUT2D eigenvalue weighted by atomic mass is 16.5. The number of methoxy groups -OCH3 is 1. The van der Waals surface area contributed by atoms with E-state index in [0.29, 0.717) is 11.9 Å². The number of unbranched alkanes of at least 4 members (excludes halogenated alkanes) is 2. The number of nitrogens with zero attached hydrogens (tertiary/aromatic N) is 1. The third-order valence-electron chi connectivity index (χ3n) is 5.69. The van der Waals surface area contributed by atoms with Crippen LogP contribution >= 0.6 is 0 Å². The first kappa shape index (κ1) is 19.0. The van der Waals surface area contributed by atoms with Crippen LogP contribution < -0.4 is 0 Å². The molecule has 1 aromatic carbocycles. The number of hydrogen-bond donors (Lipinski definition) is 0. The Labute approximate surface area is 157 Å². The van der Waals surface area contributed by atoms with Gasteiger partial charge < -0.3 is 4.74 Å². The van der Waals surface area contributed by atoms with E-state index in [1.165, 1.54) is 24.8 Å². The Hall–Kier alpha value is -1.74. The fourth-order valence-electron chi connectivity index (χ4n) is 4.02. The summed E-state index contributed by atoms with van der Waals surface area (Å²) < 4.78 is 5.42. The zero-order chi connectivity index (χ0) is 18.4. The fourth-order valence-corrected chi connectivity index (χ4v) is 4.02. The Morgan fingerprint density at radius 3 is 2.73 bits per heavy atom. The molecule has 26 heavy (non-hydrogen) atoms. The van der Waals surface area contributed by atoms with Crippen LogP contribution in [0.2, 0.25) is 0 Å². The largest absolute Gasteiger partial charge is 0.381 e. The summed E-state index contributed by atoms with van der Waals surface area (Å²) in [5.74, 6) is 0.441. The van der Waals surface area contributed by atoms with E-state index < -0.39 is 0 Å². The highest BCUT2D eigenvalue weighted by Gasteiger charge is 2.27. The Morgan fingerprint density at radius 1 is 1.19 bits per heavy atom. The third-order valence-corrected chi connectivity index (χ3v) is 5.69. The van der Waals surface area contributed by atoms with Crippen LogP contribution in [0.3, 0.4) is 0 Å². The summed E-state index contributed by atoms with van der Waals surface area (Å²) in [5, 5.41) is 0. The van der Waals surface area contributed by atoms with Gasteiger partial charge >= 0.3 is 0 Å². The first-order valence-electron chi connectivity index (χ1n) is 10.1. The van der Waals surface area contributed by atoms with Gasteiger partial charge in [-0.15, -0.1) is 0 Å². The van der Waals surface area contributed by atoms with E-state index in [9.17, 15) is 4.79 Å². The van der Waals surface area contributed by atoms with Gasteiger partial charge in [0.1, 0.15) is 0 Å². The van der Waals surface area contributed by atoms with Gasteiger partial charge in [-0.25, -0.2) is 0 Å². The lowest BCUT2D eigenvalue weighted by Gasteiger charge is -2.26. The molecule has 0 bridgehead atoms. The molecule has 0 amide bonds. The summed E-state index contributed by atoms with van der Waals surface area (Å²) in [6.07, 6.45) is 14.1. The maximum Gasteiger partial charge on any atom is 0.165 e. The Bertz CT molecular complexity index is 681. The number of benzene rings is 1. The molecular weight excluding hydrogens is 322 g/mol. The van der Waals surface area contributed by atoms with Gasteiger partial charge in [-0.05, 0) is 74.8 Å². The topological polar surface area (TPSA) is 38.7 Å². The molecular formula is C23H31NO2. The number of carbonyl (C=O) groups is 1. The van der Waals surface area contributed by atoms with Crippen molar-refractivity contribution in [2.75, 3.05) is 7.11 Å². The smallest absolute Gasteiger partial charge is 0.165 e. The number of hydrogen-bond acceptors (Lipinski definition) is 3. The molecule has 0 unspecified atom stereocenters. The molecule has 140 valence electrons. The number of carbonyl (C=O) groups excluding carboxylic acids is 1. The van der Waals surface area contributed by atoms with Gasteiger partial charge in [-0.3, -0.25) is 9.79 Å². The van der Waals surface area contributed by atoms with E-state index in [2.05, 4.69) is 25.1 Å². The maximum atomic E-state index is 12.9. The molecule has 2 aliphatic rings. The number of Topliss-reactive ketones (excluding diaryl/α,β-unsaturated/α-hetero) is 1. The van der Waals surface area contributed by atoms with E-state index in [1.54, 1.807) is 7.11 Å². The number of ketones is 1. The molecule has 0 radical (unpaired) electrons. The van der Waals surface area contributed by atoms with Gasteiger partial charge in [0.25, 0.3) is 0 Å². The van der Waals surface area contributed by atoms with Crippen molar-refractivity contribution in [2.24, 2.45) is 10.9 Å². The van der Waals surface area contributed by atoms with Crippen molar-refractivity contribution in [3.63, 3.8) is 0 Å². The first-order chi connectivity index (χ1) is 12.7. The minimum absolute atomic E-state index is 0.147. The van der Waals surface area contributed by atoms with Gasteiger partial charge in [0.15, 0.2) is 5.78 Å². The number of rotatable bonds is 7. The molecule has 3 heteroatoms. The molecule has 1 heterocycles. The van der Waals surface area contributed by atoms with Crippen molar-refractivity contribution in [2.45, 2.75) is 70.8 Å². The summed E-state index contributed by atoms with van der Waals surface area (Å²) in [5.41, 5.74) is 4.21. The molecule has 1 aromatic rings. The molecule has 1 aliphatic heterocycles. The highest BCUT2D eigenvalue weighted by molar-refractivity contribution is 6.00. The SMILES string of the molecule is CCCCCC1=Nc2ccc(C(=O)C3CCC(OC)CC3)cc2CC=C1. The van der Waals surface area contributed by atoms with E-state index >= 15 is 0 Å². The maximum absolute atomic E-state index is 12.9. The van der Waals surface area contributed by atoms with Crippen molar-refractivity contribution in [1.29, 1.82) is 0 Å². The van der Waals surface area contributed by atoms with Crippen LogP contribution in [0.15, 0.2) is 35.3 Å². The lowest BCUT2D eigenvalue weighted by molar-refractivity contribution is 0.0519. The lowest BCUT2D eigenvalue weighted by Crippen LogP contribution is -2.25. The van der Waals surface area contributed by atoms with E-state index in [1.807, 2.05) is 12.1 Å². The highest BCUT2D eigenvalue weighted by Crippen LogP contribution is 2.31. The van der Waals surface area contributed by atoms with Crippen LogP contribution in [0, 0.1) is 5.92 Å². The van der Waals surface area contributed by atoms with Crippen molar-refractivity contribution in [1.82, 2.24) is 0 Å². The average molecular weight is 354 g/mol. The van der Waals surface area contributed by atoms with Crippen LogP contribution in [0.25, 0.3) is 0 Å². The van der Waals surface area contributed by atoms with Crippen molar-refractivity contribution >= 4 is 17.2 Å². The number of aliphatic imine (C=N–C) groups is 1. The molecule has 0 aromatic heterocycles. The predicted molar refractivity (Wildman–Crippen MR) is 108 cm³/mol. The molecule has 1 aliphatic carbocycles. The number of ether oxygens (including phenoxy) is 1. The Kier molecular flexibility index (Phi) is 6.79. The normalized spacial score (nSPS) is 22.5. The van der Waals surface area contributed by atoms with Gasteiger partial charge in [0.2, 0.25) is 0 Å². The van der Waals surface area contributed by atoms with E-state index in [0.717, 1.165) is 55.5 Å². The zero-order valence-electron chi connectivity index (χ0n) is 16.2. The molecule has 3 nitrogen and oxygen atoms in total. The van der Waals surface area contributed by atoms with Gasteiger partial charge in [-0.2, -0.15) is 0 Å². The molecule has 0 atom stereocenters. The first-order valence-corrected chi connectivity index (χ1v) is 10.1. The second kappa shape index (κ2) is 9.27. The Balaban J connectivity index is 1.70. The lowest BCUT2D eigenvalue weighted by atomic mass is 9.82. The molecule has 0 spiro atoms. The average Bonchev–Trinajstić information content (AvgIpc) is 2.89. The molecule has 0 N–H and O–H groups in total. The van der Waals surface area contributed by atoms with Crippen molar-refractivity contribution < 1.29 is 9.53 Å². The number of allylic oxidation sites excluding steroid dienone is 2. The molecule has 0 saturated heterocycles. The summed E-state index contributed by atoms with van der Waals surface area (Å²) in [4.78, 5) is 17.8. The van der Waals surface area contributed by atoms with Crippen LogP contribution in [0.5, 0.6) is 0 Å². The molecule has 1 saturated carbocycles. The summed E-state index contributed by atoms with van der Waals surface area (Å²) in [7, 11) is 1.77. The van der Waals surface area contributed by atoms with Gasteiger partial charge in [0.05, 0.1) is 11.8 Å².